The Morgan fingerprint density at radius 2 is 1.95 bits per heavy atom. The summed E-state index contributed by atoms with van der Waals surface area (Å²) in [5.74, 6) is -3.12. The smallest absolute Gasteiger partial charge is 0.326 e. The van der Waals surface area contributed by atoms with E-state index < -0.39 is 39.8 Å². The lowest BCUT2D eigenvalue weighted by Gasteiger charge is -2.27. The van der Waals surface area contributed by atoms with Crippen LogP contribution in [0.1, 0.15) is 31.1 Å². The fraction of sp³-hybridized carbons (Fsp3) is 0.385. The van der Waals surface area contributed by atoms with Crippen LogP contribution >= 0.6 is 0 Å². The molecule has 0 fully saturated rings. The third kappa shape index (κ3) is 3.98. The molecule has 7 nitrogen and oxygen atoms in total. The first-order chi connectivity index (χ1) is 9.54. The maximum atomic E-state index is 13.2. The highest BCUT2D eigenvalue weighted by Gasteiger charge is 2.33. The summed E-state index contributed by atoms with van der Waals surface area (Å²) in [4.78, 5) is 32.8. The van der Waals surface area contributed by atoms with Gasteiger partial charge in [0.05, 0.1) is 4.92 Å². The molecule has 0 aliphatic carbocycles. The maximum Gasteiger partial charge on any atom is 0.326 e. The number of halogens is 1. The molecular formula is C13H15FN2O5. The minimum atomic E-state index is -1.23. The Hall–Kier alpha value is -2.51. The Labute approximate surface area is 119 Å². The van der Waals surface area contributed by atoms with Crippen LogP contribution in [0.25, 0.3) is 0 Å². The molecule has 0 heterocycles. The summed E-state index contributed by atoms with van der Waals surface area (Å²) in [6.45, 7) is 4.87. The molecule has 21 heavy (non-hydrogen) atoms. The largest absolute Gasteiger partial charge is 0.480 e. The van der Waals surface area contributed by atoms with Crippen molar-refractivity contribution in [2.75, 3.05) is 0 Å². The number of carbonyl (C=O) groups excluding carboxylic acids is 1. The number of rotatable bonds is 4. The lowest BCUT2D eigenvalue weighted by Crippen LogP contribution is -2.49. The Morgan fingerprint density at radius 3 is 2.38 bits per heavy atom. The van der Waals surface area contributed by atoms with E-state index in [2.05, 4.69) is 5.32 Å². The molecule has 0 aliphatic rings. The van der Waals surface area contributed by atoms with Gasteiger partial charge < -0.3 is 10.4 Å². The van der Waals surface area contributed by atoms with Crippen LogP contribution in [0.15, 0.2) is 18.2 Å². The number of hydrogen-bond donors (Lipinski definition) is 2. The van der Waals surface area contributed by atoms with E-state index in [1.807, 2.05) is 0 Å². The van der Waals surface area contributed by atoms with Gasteiger partial charge in [0.1, 0.15) is 6.04 Å². The summed E-state index contributed by atoms with van der Waals surface area (Å²) in [6.07, 6.45) is 0. The first kappa shape index (κ1) is 16.5. The van der Waals surface area contributed by atoms with E-state index in [0.29, 0.717) is 0 Å². The van der Waals surface area contributed by atoms with Crippen LogP contribution in [0, 0.1) is 21.3 Å². The number of carboxylic acids is 1. The average Bonchev–Trinajstić information content (AvgIpc) is 2.33. The number of aliphatic carboxylic acids is 1. The highest BCUT2D eigenvalue weighted by atomic mass is 19.1. The van der Waals surface area contributed by atoms with Crippen LogP contribution in [-0.4, -0.2) is 27.9 Å². The zero-order chi connectivity index (χ0) is 16.4. The van der Waals surface area contributed by atoms with E-state index in [1.165, 1.54) is 0 Å². The van der Waals surface area contributed by atoms with Crippen LogP contribution < -0.4 is 5.32 Å². The Kier molecular flexibility index (Phi) is 4.62. The third-order valence-corrected chi connectivity index (χ3v) is 2.79. The van der Waals surface area contributed by atoms with E-state index in [9.17, 15) is 24.1 Å². The second-order valence-electron chi connectivity index (χ2n) is 5.53. The van der Waals surface area contributed by atoms with Gasteiger partial charge in [-0.3, -0.25) is 14.9 Å². The predicted octanol–water partition coefficient (Wildman–Crippen LogP) is 1.96. The van der Waals surface area contributed by atoms with Crippen molar-refractivity contribution in [3.63, 3.8) is 0 Å². The van der Waals surface area contributed by atoms with Crippen molar-refractivity contribution >= 4 is 17.6 Å². The SMILES string of the molecule is CC(C)(C)[C@H](NC(=O)c1ccc(F)c([N+](=O)[O-])c1)C(=O)O. The summed E-state index contributed by atoms with van der Waals surface area (Å²) < 4.78 is 13.2. The number of nitrogens with zero attached hydrogens (tertiary/aromatic N) is 1. The van der Waals surface area contributed by atoms with E-state index in [-0.39, 0.29) is 5.56 Å². The topological polar surface area (TPSA) is 110 Å². The number of carboxylic acid groups (broad SMARTS) is 1. The van der Waals surface area contributed by atoms with Crippen molar-refractivity contribution < 1.29 is 24.0 Å². The number of hydrogen-bond acceptors (Lipinski definition) is 4. The molecule has 1 aromatic carbocycles. The summed E-state index contributed by atoms with van der Waals surface area (Å²) in [7, 11) is 0. The van der Waals surface area contributed by atoms with Crippen molar-refractivity contribution in [2.45, 2.75) is 26.8 Å². The van der Waals surface area contributed by atoms with Gasteiger partial charge in [-0.1, -0.05) is 20.8 Å². The van der Waals surface area contributed by atoms with Crippen LogP contribution in [0.5, 0.6) is 0 Å². The summed E-state index contributed by atoms with van der Waals surface area (Å²) >= 11 is 0. The van der Waals surface area contributed by atoms with Crippen molar-refractivity contribution in [2.24, 2.45) is 5.41 Å². The van der Waals surface area contributed by atoms with Gasteiger partial charge in [-0.05, 0) is 17.5 Å². The van der Waals surface area contributed by atoms with Gasteiger partial charge in [0.25, 0.3) is 5.91 Å². The highest BCUT2D eigenvalue weighted by molar-refractivity contribution is 5.97. The van der Waals surface area contributed by atoms with E-state index >= 15 is 0 Å². The molecule has 114 valence electrons. The lowest BCUT2D eigenvalue weighted by atomic mass is 9.86. The summed E-state index contributed by atoms with van der Waals surface area (Å²) in [5, 5.41) is 22.0. The first-order valence-corrected chi connectivity index (χ1v) is 6.01. The zero-order valence-electron chi connectivity index (χ0n) is 11.7. The molecule has 0 saturated carbocycles. The molecule has 0 radical (unpaired) electrons. The van der Waals surface area contributed by atoms with Gasteiger partial charge in [0, 0.05) is 11.6 Å². The van der Waals surface area contributed by atoms with Gasteiger partial charge in [-0.2, -0.15) is 4.39 Å². The monoisotopic (exact) mass is 298 g/mol. The summed E-state index contributed by atoms with van der Waals surface area (Å²) in [5.41, 5.74) is -1.78. The van der Waals surface area contributed by atoms with Crippen LogP contribution in [0.4, 0.5) is 10.1 Å². The third-order valence-electron chi connectivity index (χ3n) is 2.79. The van der Waals surface area contributed by atoms with Crippen molar-refractivity contribution in [1.82, 2.24) is 5.32 Å². The Bertz CT molecular complexity index is 595. The standard InChI is InChI=1S/C13H15FN2O5/c1-13(2,3)10(12(18)19)15-11(17)7-4-5-8(14)9(6-7)16(20)21/h4-6,10H,1-3H3,(H,15,17)(H,18,19)/t10-/m1/s1. The number of nitrogens with one attached hydrogen (secondary N) is 1. The number of nitro groups is 1. The Morgan fingerprint density at radius 1 is 1.38 bits per heavy atom. The molecule has 1 amide bonds. The lowest BCUT2D eigenvalue weighted by molar-refractivity contribution is -0.387. The Balaban J connectivity index is 3.07. The maximum absolute atomic E-state index is 13.2. The fourth-order valence-corrected chi connectivity index (χ4v) is 1.66. The van der Waals surface area contributed by atoms with Gasteiger partial charge in [-0.25, -0.2) is 4.79 Å². The molecule has 1 atom stereocenters. The van der Waals surface area contributed by atoms with E-state index in [1.54, 1.807) is 20.8 Å². The minimum absolute atomic E-state index is 0.182. The second-order valence-corrected chi connectivity index (χ2v) is 5.53. The molecule has 0 aromatic heterocycles. The molecular weight excluding hydrogens is 283 g/mol. The van der Waals surface area contributed by atoms with Gasteiger partial charge in [0.15, 0.2) is 0 Å². The van der Waals surface area contributed by atoms with E-state index in [4.69, 9.17) is 5.11 Å². The quantitative estimate of drug-likeness (QED) is 0.652. The summed E-state index contributed by atoms with van der Waals surface area (Å²) in [6, 6.07) is 1.43. The second kappa shape index (κ2) is 5.86. The van der Waals surface area contributed by atoms with Gasteiger partial charge in [-0.15, -0.1) is 0 Å². The van der Waals surface area contributed by atoms with Crippen molar-refractivity contribution in [3.8, 4) is 0 Å². The average molecular weight is 298 g/mol. The number of carbonyl (C=O) groups is 2. The highest BCUT2D eigenvalue weighted by Crippen LogP contribution is 2.22. The van der Waals surface area contributed by atoms with E-state index in [0.717, 1.165) is 18.2 Å². The first-order valence-electron chi connectivity index (χ1n) is 6.01. The van der Waals surface area contributed by atoms with Crippen molar-refractivity contribution in [3.05, 3.63) is 39.7 Å². The number of benzene rings is 1. The molecule has 0 unspecified atom stereocenters. The molecule has 0 bridgehead atoms. The van der Waals surface area contributed by atoms with Gasteiger partial charge in [0.2, 0.25) is 5.82 Å². The normalized spacial score (nSPS) is 12.6. The van der Waals surface area contributed by atoms with Crippen LogP contribution in [0.2, 0.25) is 0 Å². The molecule has 2 N–H and O–H groups in total. The van der Waals surface area contributed by atoms with Crippen molar-refractivity contribution in [1.29, 1.82) is 0 Å². The molecule has 1 rings (SSSR count). The molecule has 0 spiro atoms. The number of nitro benzene ring substituents is 1. The minimum Gasteiger partial charge on any atom is -0.480 e. The number of amides is 1. The van der Waals surface area contributed by atoms with Gasteiger partial charge >= 0.3 is 11.7 Å². The molecule has 1 aromatic rings. The van der Waals surface area contributed by atoms with Crippen LogP contribution in [0.3, 0.4) is 0 Å². The molecule has 0 saturated heterocycles. The fourth-order valence-electron chi connectivity index (χ4n) is 1.66. The molecule has 8 heteroatoms. The molecule has 0 aliphatic heterocycles. The predicted molar refractivity (Wildman–Crippen MR) is 71.4 cm³/mol. The zero-order valence-corrected chi connectivity index (χ0v) is 11.7. The van der Waals surface area contributed by atoms with Crippen LogP contribution in [-0.2, 0) is 4.79 Å².